The lowest BCUT2D eigenvalue weighted by Crippen LogP contribution is -2.46. The summed E-state index contributed by atoms with van der Waals surface area (Å²) in [6.45, 7) is 6.49. The molecule has 3 aliphatic rings. The van der Waals surface area contributed by atoms with Crippen LogP contribution in [0.4, 0.5) is 16.2 Å². The van der Waals surface area contributed by atoms with Gasteiger partial charge in [0.05, 0.1) is 30.5 Å². The van der Waals surface area contributed by atoms with E-state index >= 15 is 0 Å². The van der Waals surface area contributed by atoms with Gasteiger partial charge in [-0.2, -0.15) is 0 Å². The Labute approximate surface area is 205 Å². The summed E-state index contributed by atoms with van der Waals surface area (Å²) in [5, 5.41) is 20.7. The van der Waals surface area contributed by atoms with Crippen molar-refractivity contribution < 1.29 is 29.3 Å². The minimum absolute atomic E-state index is 0.0919. The van der Waals surface area contributed by atoms with Gasteiger partial charge in [0, 0.05) is 29.7 Å². The smallest absolute Gasteiger partial charge is 0.414 e. The molecule has 4 atom stereocenters. The third kappa shape index (κ3) is 3.71. The molecular formula is C27H32N2O6. The zero-order valence-electron chi connectivity index (χ0n) is 20.3. The van der Waals surface area contributed by atoms with Crippen molar-refractivity contribution in [2.75, 3.05) is 29.6 Å². The molecule has 0 bridgehead atoms. The van der Waals surface area contributed by atoms with E-state index in [-0.39, 0.29) is 30.4 Å². The molecule has 2 amide bonds. The molecule has 2 aromatic rings. The number of carbonyl (C=O) groups excluding carboxylic acids is 2. The van der Waals surface area contributed by atoms with Crippen molar-refractivity contribution in [1.82, 2.24) is 0 Å². The van der Waals surface area contributed by atoms with Crippen molar-refractivity contribution in [3.8, 4) is 0 Å². The monoisotopic (exact) mass is 480 g/mol. The number of nitrogens with zero attached hydrogens (tertiary/aromatic N) is 2. The van der Waals surface area contributed by atoms with Gasteiger partial charge in [-0.25, -0.2) is 4.79 Å². The van der Waals surface area contributed by atoms with Crippen LogP contribution >= 0.6 is 0 Å². The number of aliphatic hydroxyl groups excluding tert-OH is 1. The number of cyclic esters (lactones) is 1. The van der Waals surface area contributed by atoms with Gasteiger partial charge >= 0.3 is 6.09 Å². The highest BCUT2D eigenvalue weighted by Gasteiger charge is 2.65. The Morgan fingerprint density at radius 1 is 1.14 bits per heavy atom. The minimum atomic E-state index is -1.24. The standard InChI is InChI=1S/C27H32N2O6/c1-17-23(26(2,3)33)22(11-13-30)35-27(17)20-9-4-5-10-21(20)29(24(27)31)16-18-7-6-8-19(15-18)28-12-14-34-25(28)32/h4-10,15,17,22-23,30,33H,11-14,16H2,1-3H3/t17-,22+,23-,27+/m1/s1. The fourth-order valence-electron chi connectivity index (χ4n) is 6.22. The Kier molecular flexibility index (Phi) is 5.86. The van der Waals surface area contributed by atoms with Gasteiger partial charge in [-0.15, -0.1) is 0 Å². The molecule has 5 rings (SSSR count). The van der Waals surface area contributed by atoms with E-state index in [9.17, 15) is 19.8 Å². The molecule has 0 unspecified atom stereocenters. The summed E-state index contributed by atoms with van der Waals surface area (Å²) in [6, 6.07) is 15.2. The second kappa shape index (κ2) is 8.62. The zero-order valence-corrected chi connectivity index (χ0v) is 20.3. The summed E-state index contributed by atoms with van der Waals surface area (Å²) in [5.74, 6) is -0.827. The van der Waals surface area contributed by atoms with Gasteiger partial charge in [-0.05, 0) is 44.0 Å². The Morgan fingerprint density at radius 3 is 2.60 bits per heavy atom. The molecule has 8 heteroatoms. The highest BCUT2D eigenvalue weighted by molar-refractivity contribution is 6.07. The normalized spacial score (nSPS) is 28.2. The lowest BCUT2D eigenvalue weighted by Gasteiger charge is -2.34. The first-order valence-electron chi connectivity index (χ1n) is 12.1. The van der Waals surface area contributed by atoms with Gasteiger partial charge < -0.3 is 24.6 Å². The quantitative estimate of drug-likeness (QED) is 0.659. The average Bonchev–Trinajstić information content (AvgIpc) is 3.44. The maximum Gasteiger partial charge on any atom is 0.414 e. The highest BCUT2D eigenvalue weighted by atomic mass is 16.6. The number of amides is 2. The van der Waals surface area contributed by atoms with Crippen LogP contribution < -0.4 is 9.80 Å². The number of para-hydroxylation sites is 1. The molecule has 2 fully saturated rings. The zero-order chi connectivity index (χ0) is 25.0. The largest absolute Gasteiger partial charge is 0.447 e. The lowest BCUT2D eigenvalue weighted by atomic mass is 9.71. The van der Waals surface area contributed by atoms with Crippen molar-refractivity contribution in [3.05, 3.63) is 59.7 Å². The summed E-state index contributed by atoms with van der Waals surface area (Å²) in [6.07, 6.45) is -0.495. The topological polar surface area (TPSA) is 99.5 Å². The van der Waals surface area contributed by atoms with E-state index in [1.54, 1.807) is 23.6 Å². The van der Waals surface area contributed by atoms with Crippen LogP contribution in [0, 0.1) is 11.8 Å². The van der Waals surface area contributed by atoms with Gasteiger partial charge in [-0.1, -0.05) is 37.3 Å². The summed E-state index contributed by atoms with van der Waals surface area (Å²) < 4.78 is 11.6. The van der Waals surface area contributed by atoms with E-state index in [4.69, 9.17) is 9.47 Å². The van der Waals surface area contributed by atoms with Crippen molar-refractivity contribution in [1.29, 1.82) is 0 Å². The van der Waals surface area contributed by atoms with Crippen molar-refractivity contribution in [2.24, 2.45) is 11.8 Å². The van der Waals surface area contributed by atoms with E-state index < -0.39 is 17.3 Å². The van der Waals surface area contributed by atoms with Crippen LogP contribution in [-0.4, -0.2) is 53.7 Å². The summed E-state index contributed by atoms with van der Waals surface area (Å²) in [5.41, 5.74) is 0.830. The first kappa shape index (κ1) is 23.8. The van der Waals surface area contributed by atoms with Crippen LogP contribution in [0.1, 0.15) is 38.3 Å². The van der Waals surface area contributed by atoms with Gasteiger partial charge in [0.1, 0.15) is 6.61 Å². The van der Waals surface area contributed by atoms with Crippen LogP contribution in [0.15, 0.2) is 48.5 Å². The molecule has 2 saturated heterocycles. The predicted octanol–water partition coefficient (Wildman–Crippen LogP) is 3.19. The van der Waals surface area contributed by atoms with Gasteiger partial charge in [0.25, 0.3) is 5.91 Å². The summed E-state index contributed by atoms with van der Waals surface area (Å²) >= 11 is 0. The van der Waals surface area contributed by atoms with Crippen molar-refractivity contribution in [2.45, 2.75) is 51.0 Å². The van der Waals surface area contributed by atoms with E-state index in [0.717, 1.165) is 22.5 Å². The van der Waals surface area contributed by atoms with E-state index in [0.29, 0.717) is 26.1 Å². The molecular weight excluding hydrogens is 448 g/mol. The number of rotatable bonds is 6. The van der Waals surface area contributed by atoms with Gasteiger partial charge in [0.15, 0.2) is 5.60 Å². The minimum Gasteiger partial charge on any atom is -0.447 e. The Balaban J connectivity index is 1.52. The molecule has 2 aromatic carbocycles. The predicted molar refractivity (Wildman–Crippen MR) is 130 cm³/mol. The van der Waals surface area contributed by atoms with E-state index in [2.05, 4.69) is 0 Å². The van der Waals surface area contributed by atoms with Gasteiger partial charge in [0.2, 0.25) is 0 Å². The maximum atomic E-state index is 14.2. The number of anilines is 2. The second-order valence-electron chi connectivity index (χ2n) is 10.2. The molecule has 0 radical (unpaired) electrons. The van der Waals surface area contributed by atoms with Crippen LogP contribution in [-0.2, 0) is 26.4 Å². The number of fused-ring (bicyclic) bond motifs is 2. The Morgan fingerprint density at radius 2 is 1.91 bits per heavy atom. The number of aliphatic hydroxyl groups is 2. The molecule has 0 saturated carbocycles. The number of hydrogen-bond acceptors (Lipinski definition) is 6. The number of carbonyl (C=O) groups is 2. The molecule has 3 aliphatic heterocycles. The molecule has 0 aliphatic carbocycles. The highest BCUT2D eigenvalue weighted by Crippen LogP contribution is 2.57. The second-order valence-corrected chi connectivity index (χ2v) is 10.2. The average molecular weight is 481 g/mol. The lowest BCUT2D eigenvalue weighted by molar-refractivity contribution is -0.146. The van der Waals surface area contributed by atoms with Gasteiger partial charge in [-0.3, -0.25) is 9.69 Å². The van der Waals surface area contributed by atoms with E-state index in [1.807, 2.05) is 55.5 Å². The fraction of sp³-hybridized carbons (Fsp3) is 0.481. The number of benzene rings is 2. The molecule has 186 valence electrons. The van der Waals surface area contributed by atoms with Crippen LogP contribution in [0.2, 0.25) is 0 Å². The maximum absolute atomic E-state index is 14.2. The molecule has 1 spiro atoms. The SMILES string of the molecule is C[C@@H]1[C@@H](C(C)(C)O)[C@H](CCO)O[C@@]12C(=O)N(Cc1cccc(N3CCOC3=O)c1)c1ccccc12. The summed E-state index contributed by atoms with van der Waals surface area (Å²) in [7, 11) is 0. The fourth-order valence-corrected chi connectivity index (χ4v) is 6.22. The van der Waals surface area contributed by atoms with Crippen LogP contribution in [0.3, 0.4) is 0 Å². The Hall–Kier alpha value is -2.94. The van der Waals surface area contributed by atoms with Crippen molar-refractivity contribution in [3.63, 3.8) is 0 Å². The first-order chi connectivity index (χ1) is 16.7. The molecule has 0 aromatic heterocycles. The summed E-state index contributed by atoms with van der Waals surface area (Å²) in [4.78, 5) is 29.5. The third-order valence-electron chi connectivity index (χ3n) is 7.63. The van der Waals surface area contributed by atoms with Crippen LogP contribution in [0.5, 0.6) is 0 Å². The first-order valence-corrected chi connectivity index (χ1v) is 12.1. The molecule has 3 heterocycles. The number of ether oxygens (including phenoxy) is 2. The van der Waals surface area contributed by atoms with Crippen LogP contribution in [0.25, 0.3) is 0 Å². The molecule has 8 nitrogen and oxygen atoms in total. The Bertz CT molecular complexity index is 1140. The molecule has 2 N–H and O–H groups in total. The third-order valence-corrected chi connectivity index (χ3v) is 7.63. The number of hydrogen-bond donors (Lipinski definition) is 2. The van der Waals surface area contributed by atoms with Crippen molar-refractivity contribution >= 4 is 23.4 Å². The van der Waals surface area contributed by atoms with E-state index in [1.165, 1.54) is 0 Å². The molecule has 35 heavy (non-hydrogen) atoms.